The van der Waals surface area contributed by atoms with Crippen molar-refractivity contribution in [1.29, 1.82) is 0 Å². The summed E-state index contributed by atoms with van der Waals surface area (Å²) in [5, 5.41) is 0. The third-order valence-corrected chi connectivity index (χ3v) is 3.36. The SMILES string of the molecule is CC1=CCCC=C1C(=O)N1CCCOC(C)C1. The van der Waals surface area contributed by atoms with Crippen molar-refractivity contribution in [1.82, 2.24) is 4.90 Å². The van der Waals surface area contributed by atoms with Crippen molar-refractivity contribution in [3.05, 3.63) is 23.3 Å². The van der Waals surface area contributed by atoms with E-state index in [1.807, 2.05) is 18.7 Å². The van der Waals surface area contributed by atoms with Crippen molar-refractivity contribution < 1.29 is 9.53 Å². The maximum Gasteiger partial charge on any atom is 0.253 e. The first-order chi connectivity index (χ1) is 8.18. The van der Waals surface area contributed by atoms with Crippen molar-refractivity contribution in [2.75, 3.05) is 19.7 Å². The molecule has 3 nitrogen and oxygen atoms in total. The molecule has 0 saturated carbocycles. The van der Waals surface area contributed by atoms with E-state index in [4.69, 9.17) is 4.74 Å². The summed E-state index contributed by atoms with van der Waals surface area (Å²) < 4.78 is 5.57. The Kier molecular flexibility index (Phi) is 4.00. The Labute approximate surface area is 103 Å². The van der Waals surface area contributed by atoms with Crippen LogP contribution in [-0.4, -0.2) is 36.6 Å². The van der Waals surface area contributed by atoms with Crippen LogP contribution in [0.4, 0.5) is 0 Å². The van der Waals surface area contributed by atoms with E-state index >= 15 is 0 Å². The Morgan fingerprint density at radius 3 is 2.94 bits per heavy atom. The Balaban J connectivity index is 2.08. The summed E-state index contributed by atoms with van der Waals surface area (Å²) >= 11 is 0. The minimum Gasteiger partial charge on any atom is -0.377 e. The van der Waals surface area contributed by atoms with Gasteiger partial charge in [0.05, 0.1) is 6.10 Å². The molecule has 0 aromatic rings. The average Bonchev–Trinajstić information content (AvgIpc) is 2.54. The first-order valence-electron chi connectivity index (χ1n) is 6.46. The summed E-state index contributed by atoms with van der Waals surface area (Å²) in [7, 11) is 0. The van der Waals surface area contributed by atoms with Crippen LogP contribution in [-0.2, 0) is 9.53 Å². The van der Waals surface area contributed by atoms with Gasteiger partial charge in [0.2, 0.25) is 0 Å². The van der Waals surface area contributed by atoms with E-state index in [2.05, 4.69) is 12.2 Å². The largest absolute Gasteiger partial charge is 0.377 e. The van der Waals surface area contributed by atoms with E-state index in [1.54, 1.807) is 0 Å². The molecule has 2 aliphatic rings. The molecule has 3 heteroatoms. The van der Waals surface area contributed by atoms with Gasteiger partial charge in [-0.15, -0.1) is 0 Å². The normalized spacial score (nSPS) is 26.0. The fourth-order valence-corrected chi connectivity index (χ4v) is 2.40. The molecule has 1 atom stereocenters. The molecule has 1 saturated heterocycles. The van der Waals surface area contributed by atoms with E-state index < -0.39 is 0 Å². The zero-order valence-corrected chi connectivity index (χ0v) is 10.7. The number of amides is 1. The topological polar surface area (TPSA) is 29.5 Å². The molecular formula is C14H21NO2. The highest BCUT2D eigenvalue weighted by molar-refractivity contribution is 5.97. The number of carbonyl (C=O) groups excluding carboxylic acids is 1. The maximum absolute atomic E-state index is 12.4. The standard InChI is InChI=1S/C14H21NO2/c1-11-6-3-4-7-13(11)14(16)15-8-5-9-17-12(2)10-15/h6-7,12H,3-5,8-10H2,1-2H3. The number of carbonyl (C=O) groups is 1. The first kappa shape index (κ1) is 12.4. The maximum atomic E-state index is 12.4. The van der Waals surface area contributed by atoms with Crippen LogP contribution in [0, 0.1) is 0 Å². The highest BCUT2D eigenvalue weighted by atomic mass is 16.5. The van der Waals surface area contributed by atoms with Gasteiger partial charge in [-0.1, -0.05) is 12.2 Å². The number of nitrogens with zero attached hydrogens (tertiary/aromatic N) is 1. The van der Waals surface area contributed by atoms with Gasteiger partial charge in [0.15, 0.2) is 0 Å². The second kappa shape index (κ2) is 5.50. The van der Waals surface area contributed by atoms with Gasteiger partial charge in [0, 0.05) is 25.3 Å². The molecule has 0 aromatic heterocycles. The highest BCUT2D eigenvalue weighted by Crippen LogP contribution is 2.21. The van der Waals surface area contributed by atoms with Crippen molar-refractivity contribution in [3.63, 3.8) is 0 Å². The second-order valence-electron chi connectivity index (χ2n) is 4.87. The lowest BCUT2D eigenvalue weighted by Crippen LogP contribution is -2.37. The molecule has 0 N–H and O–H groups in total. The Hall–Kier alpha value is -1.09. The first-order valence-corrected chi connectivity index (χ1v) is 6.46. The average molecular weight is 235 g/mol. The molecule has 1 unspecified atom stereocenters. The van der Waals surface area contributed by atoms with E-state index in [0.717, 1.165) is 43.6 Å². The Morgan fingerprint density at radius 1 is 1.41 bits per heavy atom. The summed E-state index contributed by atoms with van der Waals surface area (Å²) in [6, 6.07) is 0. The van der Waals surface area contributed by atoms with Crippen molar-refractivity contribution in [2.24, 2.45) is 0 Å². The lowest BCUT2D eigenvalue weighted by Gasteiger charge is -2.24. The Bertz CT molecular complexity index is 357. The monoisotopic (exact) mass is 235 g/mol. The lowest BCUT2D eigenvalue weighted by atomic mass is 9.98. The van der Waals surface area contributed by atoms with E-state index in [0.29, 0.717) is 6.54 Å². The van der Waals surface area contributed by atoms with Crippen LogP contribution < -0.4 is 0 Å². The molecule has 1 heterocycles. The van der Waals surface area contributed by atoms with Crippen LogP contribution in [0.1, 0.15) is 33.1 Å². The highest BCUT2D eigenvalue weighted by Gasteiger charge is 2.23. The molecular weight excluding hydrogens is 214 g/mol. The van der Waals surface area contributed by atoms with Crippen LogP contribution in [0.3, 0.4) is 0 Å². The third-order valence-electron chi connectivity index (χ3n) is 3.36. The zero-order valence-electron chi connectivity index (χ0n) is 10.7. The van der Waals surface area contributed by atoms with Crippen molar-refractivity contribution >= 4 is 5.91 Å². The summed E-state index contributed by atoms with van der Waals surface area (Å²) in [6.45, 7) is 6.35. The molecule has 1 aliphatic carbocycles. The minimum absolute atomic E-state index is 0.148. The van der Waals surface area contributed by atoms with Crippen molar-refractivity contribution in [2.45, 2.75) is 39.2 Å². The Morgan fingerprint density at radius 2 is 2.18 bits per heavy atom. The van der Waals surface area contributed by atoms with Crippen LogP contribution in [0.5, 0.6) is 0 Å². The second-order valence-corrected chi connectivity index (χ2v) is 4.87. The van der Waals surface area contributed by atoms with Crippen LogP contribution >= 0.6 is 0 Å². The molecule has 94 valence electrons. The smallest absolute Gasteiger partial charge is 0.253 e. The zero-order chi connectivity index (χ0) is 12.3. The van der Waals surface area contributed by atoms with E-state index in [1.165, 1.54) is 0 Å². The fourth-order valence-electron chi connectivity index (χ4n) is 2.40. The minimum atomic E-state index is 0.148. The quantitative estimate of drug-likeness (QED) is 0.698. The lowest BCUT2D eigenvalue weighted by molar-refractivity contribution is -0.127. The number of hydrogen-bond donors (Lipinski definition) is 0. The molecule has 17 heavy (non-hydrogen) atoms. The number of allylic oxidation sites excluding steroid dienone is 2. The van der Waals surface area contributed by atoms with Crippen LogP contribution in [0.2, 0.25) is 0 Å². The molecule has 0 spiro atoms. The van der Waals surface area contributed by atoms with Gasteiger partial charge in [0.1, 0.15) is 0 Å². The van der Waals surface area contributed by atoms with Gasteiger partial charge < -0.3 is 9.64 Å². The number of ether oxygens (including phenoxy) is 1. The molecule has 0 radical (unpaired) electrons. The molecule has 0 bridgehead atoms. The molecule has 0 aromatic carbocycles. The molecule has 1 aliphatic heterocycles. The van der Waals surface area contributed by atoms with Crippen molar-refractivity contribution in [3.8, 4) is 0 Å². The molecule has 2 rings (SSSR count). The molecule has 1 fully saturated rings. The van der Waals surface area contributed by atoms with Gasteiger partial charge >= 0.3 is 0 Å². The summed E-state index contributed by atoms with van der Waals surface area (Å²) in [4.78, 5) is 14.4. The van der Waals surface area contributed by atoms with Crippen LogP contribution in [0.25, 0.3) is 0 Å². The predicted molar refractivity (Wildman–Crippen MR) is 67.7 cm³/mol. The predicted octanol–water partition coefficient (Wildman–Crippen LogP) is 2.29. The summed E-state index contributed by atoms with van der Waals surface area (Å²) in [5.41, 5.74) is 2.02. The van der Waals surface area contributed by atoms with Gasteiger partial charge in [0.25, 0.3) is 5.91 Å². The van der Waals surface area contributed by atoms with E-state index in [-0.39, 0.29) is 12.0 Å². The number of rotatable bonds is 1. The fraction of sp³-hybridized carbons (Fsp3) is 0.643. The van der Waals surface area contributed by atoms with Gasteiger partial charge in [-0.25, -0.2) is 0 Å². The summed E-state index contributed by atoms with van der Waals surface area (Å²) in [6.07, 6.45) is 7.36. The van der Waals surface area contributed by atoms with Gasteiger partial charge in [-0.3, -0.25) is 4.79 Å². The number of hydrogen-bond acceptors (Lipinski definition) is 2. The molecule has 1 amide bonds. The van der Waals surface area contributed by atoms with Gasteiger partial charge in [-0.05, 0) is 38.7 Å². The summed E-state index contributed by atoms with van der Waals surface area (Å²) in [5.74, 6) is 0.177. The van der Waals surface area contributed by atoms with E-state index in [9.17, 15) is 4.79 Å². The van der Waals surface area contributed by atoms with Gasteiger partial charge in [-0.2, -0.15) is 0 Å². The van der Waals surface area contributed by atoms with Crippen LogP contribution in [0.15, 0.2) is 23.3 Å². The third kappa shape index (κ3) is 2.97.